The molecular formula is C11H14N2O2. The van der Waals surface area contributed by atoms with E-state index in [9.17, 15) is 4.79 Å². The zero-order valence-electron chi connectivity index (χ0n) is 8.47. The van der Waals surface area contributed by atoms with Crippen LogP contribution >= 0.6 is 0 Å². The van der Waals surface area contributed by atoms with Gasteiger partial charge in [-0.3, -0.25) is 9.78 Å². The molecular weight excluding hydrogens is 192 g/mol. The second-order valence-electron chi connectivity index (χ2n) is 3.83. The Morgan fingerprint density at radius 3 is 2.87 bits per heavy atom. The first-order valence-corrected chi connectivity index (χ1v) is 5.15. The van der Waals surface area contributed by atoms with Gasteiger partial charge in [0.2, 0.25) is 0 Å². The molecule has 1 fully saturated rings. The number of carboxylic acid groups (broad SMARTS) is 1. The van der Waals surface area contributed by atoms with Gasteiger partial charge in [0, 0.05) is 31.2 Å². The zero-order valence-corrected chi connectivity index (χ0v) is 8.47. The monoisotopic (exact) mass is 206 g/mol. The number of hydrogen-bond acceptors (Lipinski definition) is 3. The van der Waals surface area contributed by atoms with E-state index < -0.39 is 5.97 Å². The van der Waals surface area contributed by atoms with Crippen molar-refractivity contribution in [2.75, 3.05) is 18.0 Å². The molecule has 1 aliphatic rings. The second kappa shape index (κ2) is 4.29. The fourth-order valence-corrected chi connectivity index (χ4v) is 1.97. The molecule has 0 radical (unpaired) electrons. The fourth-order valence-electron chi connectivity index (χ4n) is 1.97. The minimum atomic E-state index is -0.686. The number of carbonyl (C=O) groups is 1. The summed E-state index contributed by atoms with van der Waals surface area (Å²) in [6, 6.07) is 3.84. The van der Waals surface area contributed by atoms with Crippen LogP contribution in [0.25, 0.3) is 0 Å². The van der Waals surface area contributed by atoms with E-state index in [4.69, 9.17) is 5.11 Å². The summed E-state index contributed by atoms with van der Waals surface area (Å²) in [6.45, 7) is 1.55. The zero-order chi connectivity index (χ0) is 10.7. The second-order valence-corrected chi connectivity index (χ2v) is 3.83. The summed E-state index contributed by atoms with van der Waals surface area (Å²) in [4.78, 5) is 17.0. The number of aromatic nitrogens is 1. The van der Waals surface area contributed by atoms with Gasteiger partial charge in [-0.15, -0.1) is 0 Å². The van der Waals surface area contributed by atoms with E-state index in [0.717, 1.165) is 25.1 Å². The van der Waals surface area contributed by atoms with E-state index in [1.807, 2.05) is 12.1 Å². The molecule has 1 aliphatic heterocycles. The predicted octanol–water partition coefficient (Wildman–Crippen LogP) is 1.38. The number of hydrogen-bond donors (Lipinski definition) is 1. The van der Waals surface area contributed by atoms with Gasteiger partial charge >= 0.3 is 5.97 Å². The summed E-state index contributed by atoms with van der Waals surface area (Å²) >= 11 is 0. The number of piperidine rings is 1. The lowest BCUT2D eigenvalue weighted by Gasteiger charge is -2.32. The SMILES string of the molecule is O=C(O)C1CCCN(c2ccncc2)C1. The molecule has 4 heteroatoms. The molecule has 1 saturated heterocycles. The molecule has 2 heterocycles. The largest absolute Gasteiger partial charge is 0.481 e. The molecule has 1 aromatic rings. The Kier molecular flexibility index (Phi) is 2.85. The van der Waals surface area contributed by atoms with Crippen molar-refractivity contribution in [3.05, 3.63) is 24.5 Å². The minimum Gasteiger partial charge on any atom is -0.481 e. The van der Waals surface area contributed by atoms with Gasteiger partial charge in [-0.25, -0.2) is 0 Å². The lowest BCUT2D eigenvalue weighted by molar-refractivity contribution is -0.141. The fraction of sp³-hybridized carbons (Fsp3) is 0.455. The van der Waals surface area contributed by atoms with Crippen molar-refractivity contribution >= 4 is 11.7 Å². The van der Waals surface area contributed by atoms with E-state index in [1.54, 1.807) is 12.4 Å². The van der Waals surface area contributed by atoms with E-state index >= 15 is 0 Å². The number of pyridine rings is 1. The van der Waals surface area contributed by atoms with Crippen molar-refractivity contribution in [2.24, 2.45) is 5.92 Å². The highest BCUT2D eigenvalue weighted by molar-refractivity contribution is 5.71. The number of nitrogens with zero attached hydrogens (tertiary/aromatic N) is 2. The lowest BCUT2D eigenvalue weighted by atomic mass is 9.98. The quantitative estimate of drug-likeness (QED) is 0.794. The van der Waals surface area contributed by atoms with Crippen molar-refractivity contribution in [1.82, 2.24) is 4.98 Å². The van der Waals surface area contributed by atoms with Crippen molar-refractivity contribution < 1.29 is 9.90 Å². The Morgan fingerprint density at radius 2 is 2.20 bits per heavy atom. The number of anilines is 1. The summed E-state index contributed by atoms with van der Waals surface area (Å²) in [5.74, 6) is -0.916. The normalized spacial score (nSPS) is 21.3. The molecule has 1 N–H and O–H groups in total. The third-order valence-corrected chi connectivity index (χ3v) is 2.80. The first-order valence-electron chi connectivity index (χ1n) is 5.15. The Labute approximate surface area is 88.6 Å². The third kappa shape index (κ3) is 2.26. The van der Waals surface area contributed by atoms with Crippen molar-refractivity contribution in [3.63, 3.8) is 0 Å². The molecule has 4 nitrogen and oxygen atoms in total. The van der Waals surface area contributed by atoms with Gasteiger partial charge in [0.1, 0.15) is 0 Å². The van der Waals surface area contributed by atoms with E-state index in [-0.39, 0.29) is 5.92 Å². The third-order valence-electron chi connectivity index (χ3n) is 2.80. The van der Waals surface area contributed by atoms with Gasteiger partial charge in [0.15, 0.2) is 0 Å². The highest BCUT2D eigenvalue weighted by Gasteiger charge is 2.25. The molecule has 0 aliphatic carbocycles. The van der Waals surface area contributed by atoms with Gasteiger partial charge in [0.05, 0.1) is 5.92 Å². The van der Waals surface area contributed by atoms with Crippen LogP contribution in [0.15, 0.2) is 24.5 Å². The van der Waals surface area contributed by atoms with E-state index in [0.29, 0.717) is 6.54 Å². The van der Waals surface area contributed by atoms with Crippen LogP contribution in [0.4, 0.5) is 5.69 Å². The summed E-state index contributed by atoms with van der Waals surface area (Å²) < 4.78 is 0. The molecule has 80 valence electrons. The van der Waals surface area contributed by atoms with Crippen LogP contribution in [-0.4, -0.2) is 29.1 Å². The van der Waals surface area contributed by atoms with Crippen LogP contribution in [0.3, 0.4) is 0 Å². The van der Waals surface area contributed by atoms with Crippen molar-refractivity contribution in [3.8, 4) is 0 Å². The van der Waals surface area contributed by atoms with Gasteiger partial charge in [0.25, 0.3) is 0 Å². The Balaban J connectivity index is 2.08. The van der Waals surface area contributed by atoms with E-state index in [1.165, 1.54) is 0 Å². The van der Waals surface area contributed by atoms with E-state index in [2.05, 4.69) is 9.88 Å². The molecule has 2 rings (SSSR count). The van der Waals surface area contributed by atoms with Crippen LogP contribution in [0.1, 0.15) is 12.8 Å². The minimum absolute atomic E-state index is 0.230. The molecule has 1 atom stereocenters. The summed E-state index contributed by atoms with van der Waals surface area (Å²) in [5, 5.41) is 8.96. The summed E-state index contributed by atoms with van der Waals surface area (Å²) in [6.07, 6.45) is 5.20. The first kappa shape index (κ1) is 9.96. The smallest absolute Gasteiger partial charge is 0.308 e. The van der Waals surface area contributed by atoms with Gasteiger partial charge in [-0.1, -0.05) is 0 Å². The van der Waals surface area contributed by atoms with Gasteiger partial charge in [-0.2, -0.15) is 0 Å². The maximum Gasteiger partial charge on any atom is 0.308 e. The Bertz CT molecular complexity index is 340. The number of carboxylic acids is 1. The molecule has 0 amide bonds. The molecule has 0 bridgehead atoms. The average Bonchev–Trinajstić information content (AvgIpc) is 2.30. The Hall–Kier alpha value is -1.58. The highest BCUT2D eigenvalue weighted by Crippen LogP contribution is 2.22. The van der Waals surface area contributed by atoms with Crippen molar-refractivity contribution in [1.29, 1.82) is 0 Å². The maximum atomic E-state index is 10.9. The summed E-state index contributed by atoms with van der Waals surface area (Å²) in [5.41, 5.74) is 1.07. The number of rotatable bonds is 2. The van der Waals surface area contributed by atoms with Gasteiger partial charge < -0.3 is 10.0 Å². The van der Waals surface area contributed by atoms with Crippen LogP contribution in [0.2, 0.25) is 0 Å². The topological polar surface area (TPSA) is 53.4 Å². The molecule has 15 heavy (non-hydrogen) atoms. The van der Waals surface area contributed by atoms with Crippen LogP contribution in [0.5, 0.6) is 0 Å². The maximum absolute atomic E-state index is 10.9. The number of aliphatic carboxylic acids is 1. The average molecular weight is 206 g/mol. The lowest BCUT2D eigenvalue weighted by Crippen LogP contribution is -2.38. The summed E-state index contributed by atoms with van der Waals surface area (Å²) in [7, 11) is 0. The van der Waals surface area contributed by atoms with Crippen LogP contribution < -0.4 is 4.90 Å². The Morgan fingerprint density at radius 1 is 1.47 bits per heavy atom. The van der Waals surface area contributed by atoms with Crippen LogP contribution in [-0.2, 0) is 4.79 Å². The molecule has 1 unspecified atom stereocenters. The van der Waals surface area contributed by atoms with Gasteiger partial charge in [-0.05, 0) is 25.0 Å². The van der Waals surface area contributed by atoms with Crippen LogP contribution in [0, 0.1) is 5.92 Å². The molecule has 0 saturated carbocycles. The standard InChI is InChI=1S/C11H14N2O2/c14-11(15)9-2-1-7-13(8-9)10-3-5-12-6-4-10/h3-6,9H,1-2,7-8H2,(H,14,15). The first-order chi connectivity index (χ1) is 7.27. The van der Waals surface area contributed by atoms with Crippen molar-refractivity contribution in [2.45, 2.75) is 12.8 Å². The molecule has 0 spiro atoms. The highest BCUT2D eigenvalue weighted by atomic mass is 16.4. The molecule has 1 aromatic heterocycles. The molecule has 0 aromatic carbocycles. The predicted molar refractivity (Wildman–Crippen MR) is 56.8 cm³/mol.